The highest BCUT2D eigenvalue weighted by atomic mass is 16.3. The molecule has 0 amide bonds. The Morgan fingerprint density at radius 2 is 1.87 bits per heavy atom. The topological polar surface area (TPSA) is 90.4 Å². The fourth-order valence-corrected chi connectivity index (χ4v) is 3.82. The summed E-state index contributed by atoms with van der Waals surface area (Å²) in [5, 5.41) is 14.9. The molecule has 2 aromatic carbocycles. The van der Waals surface area contributed by atoms with Gasteiger partial charge in [0.1, 0.15) is 5.82 Å². The number of fused-ring (bicyclic) bond motifs is 2. The molecule has 4 aromatic rings. The molecular formula is C25H22N4O2. The number of aliphatic hydroxyl groups is 1. The Morgan fingerprint density at radius 1 is 1.06 bits per heavy atom. The normalized spacial score (nSPS) is 12.9. The van der Waals surface area contributed by atoms with Crippen LogP contribution in [0, 0.1) is 0 Å². The molecular weight excluding hydrogens is 388 g/mol. The molecule has 0 atom stereocenters. The number of nitrogens with one attached hydrogen (secondary N) is 2. The zero-order valence-corrected chi connectivity index (χ0v) is 17.3. The van der Waals surface area contributed by atoms with Crippen LogP contribution in [0.25, 0.3) is 22.0 Å². The predicted molar refractivity (Wildman–Crippen MR) is 124 cm³/mol. The summed E-state index contributed by atoms with van der Waals surface area (Å²) in [5.41, 5.74) is 4.46. The fourth-order valence-electron chi connectivity index (χ4n) is 3.82. The Kier molecular flexibility index (Phi) is 4.45. The summed E-state index contributed by atoms with van der Waals surface area (Å²) < 4.78 is 0. The molecule has 0 unspecified atom stereocenters. The van der Waals surface area contributed by atoms with Crippen LogP contribution in [0.5, 0.6) is 0 Å². The number of nitrogens with zero attached hydrogens (tertiary/aromatic N) is 2. The highest BCUT2D eigenvalue weighted by Crippen LogP contribution is 2.30. The summed E-state index contributed by atoms with van der Waals surface area (Å²) in [6.45, 7) is 4.21. The number of rotatable bonds is 4. The first-order valence-electron chi connectivity index (χ1n) is 10.1. The van der Waals surface area contributed by atoms with Crippen LogP contribution in [0.1, 0.15) is 30.5 Å². The van der Waals surface area contributed by atoms with Gasteiger partial charge in [0.25, 0.3) is 5.56 Å². The molecule has 1 aliphatic rings. The second kappa shape index (κ2) is 7.18. The number of aromatic nitrogens is 2. The first kappa shape index (κ1) is 19.2. The molecule has 154 valence electrons. The lowest BCUT2D eigenvalue weighted by Crippen LogP contribution is -2.15. The molecule has 31 heavy (non-hydrogen) atoms. The van der Waals surface area contributed by atoms with Gasteiger partial charge in [0.15, 0.2) is 0 Å². The average molecular weight is 410 g/mol. The van der Waals surface area contributed by atoms with E-state index in [0.717, 1.165) is 33.5 Å². The van der Waals surface area contributed by atoms with E-state index in [4.69, 9.17) is 4.98 Å². The van der Waals surface area contributed by atoms with E-state index >= 15 is 0 Å². The van der Waals surface area contributed by atoms with E-state index in [0.29, 0.717) is 17.7 Å². The van der Waals surface area contributed by atoms with Crippen LogP contribution >= 0.6 is 0 Å². The summed E-state index contributed by atoms with van der Waals surface area (Å²) in [4.78, 5) is 24.4. The molecule has 0 fully saturated rings. The van der Waals surface area contributed by atoms with Gasteiger partial charge in [0, 0.05) is 23.7 Å². The molecule has 5 rings (SSSR count). The molecule has 3 N–H and O–H groups in total. The molecule has 1 aliphatic heterocycles. The molecule has 0 saturated heterocycles. The van der Waals surface area contributed by atoms with Crippen molar-refractivity contribution in [1.29, 1.82) is 0 Å². The van der Waals surface area contributed by atoms with E-state index < -0.39 is 5.60 Å². The van der Waals surface area contributed by atoms with E-state index in [9.17, 15) is 9.90 Å². The van der Waals surface area contributed by atoms with Crippen molar-refractivity contribution in [3.8, 4) is 11.3 Å². The van der Waals surface area contributed by atoms with Crippen LogP contribution in [-0.4, -0.2) is 21.3 Å². The van der Waals surface area contributed by atoms with Crippen LogP contribution in [0.4, 0.5) is 11.5 Å². The third kappa shape index (κ3) is 3.62. The highest BCUT2D eigenvalue weighted by molar-refractivity contribution is 5.95. The molecule has 0 spiro atoms. The lowest BCUT2D eigenvalue weighted by molar-refractivity contribution is 0.0786. The van der Waals surface area contributed by atoms with E-state index in [2.05, 4.69) is 15.3 Å². The Morgan fingerprint density at radius 3 is 2.65 bits per heavy atom. The number of aromatic amines is 1. The van der Waals surface area contributed by atoms with Gasteiger partial charge in [-0.05, 0) is 60.2 Å². The van der Waals surface area contributed by atoms with Crippen molar-refractivity contribution in [3.05, 3.63) is 87.8 Å². The molecule has 0 saturated carbocycles. The minimum Gasteiger partial charge on any atom is -0.386 e. The summed E-state index contributed by atoms with van der Waals surface area (Å²) in [6, 6.07) is 17.5. The van der Waals surface area contributed by atoms with Crippen LogP contribution in [-0.2, 0) is 12.1 Å². The second-order valence-corrected chi connectivity index (χ2v) is 8.27. The van der Waals surface area contributed by atoms with Crippen molar-refractivity contribution in [1.82, 2.24) is 9.97 Å². The number of hydrogen-bond acceptors (Lipinski definition) is 5. The third-order valence-electron chi connectivity index (χ3n) is 5.54. The zero-order valence-electron chi connectivity index (χ0n) is 17.3. The fraction of sp³-hybridized carbons (Fsp3) is 0.160. The Balaban J connectivity index is 1.61. The quantitative estimate of drug-likeness (QED) is 0.462. The van der Waals surface area contributed by atoms with E-state index in [-0.39, 0.29) is 5.56 Å². The Hall–Kier alpha value is -3.77. The maximum Gasteiger partial charge on any atom is 0.259 e. The minimum atomic E-state index is -0.910. The minimum absolute atomic E-state index is 0.195. The van der Waals surface area contributed by atoms with Crippen molar-refractivity contribution in [2.24, 2.45) is 4.99 Å². The lowest BCUT2D eigenvalue weighted by Gasteiger charge is -2.18. The lowest BCUT2D eigenvalue weighted by atomic mass is 9.96. The number of anilines is 2. The van der Waals surface area contributed by atoms with Gasteiger partial charge in [0.2, 0.25) is 0 Å². The van der Waals surface area contributed by atoms with E-state index in [1.54, 1.807) is 20.0 Å². The standard InChI is InChI=1S/C25H22N4O2/c1-25(2,31)19-6-3-15(4-7-19)21-12-16-9-10-27-24(30)22(16)23(29-21)28-20-8-5-17-13-26-14-18(17)11-20/h3-12,14,31H,13H2,1-2H3,(H,27,30)(H,28,29). The molecule has 2 aromatic heterocycles. The molecule has 0 bridgehead atoms. The molecule has 6 nitrogen and oxygen atoms in total. The van der Waals surface area contributed by atoms with Gasteiger partial charge in [-0.3, -0.25) is 9.79 Å². The monoisotopic (exact) mass is 410 g/mol. The summed E-state index contributed by atoms with van der Waals surface area (Å²) in [6.07, 6.45) is 3.50. The van der Waals surface area contributed by atoms with Crippen molar-refractivity contribution >= 4 is 28.5 Å². The van der Waals surface area contributed by atoms with Crippen LogP contribution in [0.3, 0.4) is 0 Å². The SMILES string of the molecule is CC(C)(O)c1ccc(-c2cc3cc[nH]c(=O)c3c(Nc3ccc4c(c3)C=NC4)n2)cc1. The number of aliphatic imine (C=N–C) groups is 1. The largest absolute Gasteiger partial charge is 0.386 e. The van der Waals surface area contributed by atoms with Crippen LogP contribution < -0.4 is 10.9 Å². The van der Waals surface area contributed by atoms with Gasteiger partial charge in [-0.15, -0.1) is 0 Å². The maximum absolute atomic E-state index is 12.6. The van der Waals surface area contributed by atoms with Crippen molar-refractivity contribution in [3.63, 3.8) is 0 Å². The summed E-state index contributed by atoms with van der Waals surface area (Å²) >= 11 is 0. The second-order valence-electron chi connectivity index (χ2n) is 8.27. The number of hydrogen-bond donors (Lipinski definition) is 3. The van der Waals surface area contributed by atoms with E-state index in [1.165, 1.54) is 5.56 Å². The smallest absolute Gasteiger partial charge is 0.259 e. The first-order chi connectivity index (χ1) is 14.9. The van der Waals surface area contributed by atoms with Crippen LogP contribution in [0.2, 0.25) is 0 Å². The van der Waals surface area contributed by atoms with Gasteiger partial charge >= 0.3 is 0 Å². The highest BCUT2D eigenvalue weighted by Gasteiger charge is 2.17. The van der Waals surface area contributed by atoms with Gasteiger partial charge in [0.05, 0.1) is 23.2 Å². The third-order valence-corrected chi connectivity index (χ3v) is 5.54. The first-order valence-corrected chi connectivity index (χ1v) is 10.1. The van der Waals surface area contributed by atoms with Crippen molar-refractivity contribution in [2.75, 3.05) is 5.32 Å². The summed E-state index contributed by atoms with van der Waals surface area (Å²) in [7, 11) is 0. The van der Waals surface area contributed by atoms with Crippen LogP contribution in [0.15, 0.2) is 70.6 Å². The number of pyridine rings is 2. The van der Waals surface area contributed by atoms with Crippen molar-refractivity contribution < 1.29 is 5.11 Å². The molecule has 0 radical (unpaired) electrons. The van der Waals surface area contributed by atoms with Gasteiger partial charge in [-0.1, -0.05) is 30.3 Å². The average Bonchev–Trinajstić information content (AvgIpc) is 3.21. The maximum atomic E-state index is 12.6. The number of H-pyrrole nitrogens is 1. The molecule has 6 heteroatoms. The van der Waals surface area contributed by atoms with E-state index in [1.807, 2.05) is 60.8 Å². The molecule has 0 aliphatic carbocycles. The van der Waals surface area contributed by atoms with Gasteiger partial charge in [-0.2, -0.15) is 0 Å². The Bertz CT molecular complexity index is 1380. The number of benzene rings is 2. The summed E-state index contributed by atoms with van der Waals surface area (Å²) in [5.74, 6) is 0.496. The Labute approximate surface area is 179 Å². The van der Waals surface area contributed by atoms with Gasteiger partial charge in [-0.25, -0.2) is 4.98 Å². The van der Waals surface area contributed by atoms with Crippen molar-refractivity contribution in [2.45, 2.75) is 26.0 Å². The van der Waals surface area contributed by atoms with Gasteiger partial charge < -0.3 is 15.4 Å². The zero-order chi connectivity index (χ0) is 21.6. The predicted octanol–water partition coefficient (Wildman–Crippen LogP) is 4.49. The molecule has 3 heterocycles.